The van der Waals surface area contributed by atoms with Gasteiger partial charge in [-0.1, -0.05) is 0 Å². The third kappa shape index (κ3) is 3.15. The van der Waals surface area contributed by atoms with Crippen molar-refractivity contribution in [3.63, 3.8) is 0 Å². The third-order valence-corrected chi connectivity index (χ3v) is 7.02. The molecule has 2 saturated heterocycles. The fourth-order valence-electron chi connectivity index (χ4n) is 5.10. The van der Waals surface area contributed by atoms with E-state index in [1.54, 1.807) is 7.05 Å². The monoisotopic (exact) mass is 419 g/mol. The van der Waals surface area contributed by atoms with Crippen LogP contribution in [0.5, 0.6) is 0 Å². The Morgan fingerprint density at radius 3 is 2.60 bits per heavy atom. The molecule has 3 heterocycles. The summed E-state index contributed by atoms with van der Waals surface area (Å²) in [5, 5.41) is 5.78. The first kappa shape index (κ1) is 19.7. The number of nitrogens with one attached hydrogen (secondary N) is 3. The van der Waals surface area contributed by atoms with Gasteiger partial charge in [0.15, 0.2) is 11.6 Å². The Bertz CT molecular complexity index is 950. The summed E-state index contributed by atoms with van der Waals surface area (Å²) >= 11 is 0. The van der Waals surface area contributed by atoms with Crippen LogP contribution in [0.4, 0.5) is 13.6 Å². The van der Waals surface area contributed by atoms with E-state index in [0.717, 1.165) is 32.5 Å². The van der Waals surface area contributed by atoms with Crippen molar-refractivity contribution in [3.8, 4) is 0 Å². The van der Waals surface area contributed by atoms with Gasteiger partial charge in [-0.05, 0) is 43.9 Å². The van der Waals surface area contributed by atoms with Crippen LogP contribution in [-0.4, -0.2) is 59.8 Å². The molecule has 0 radical (unpaired) electrons. The highest BCUT2D eigenvalue weighted by atomic mass is 19.1. The van der Waals surface area contributed by atoms with Crippen molar-refractivity contribution in [2.75, 3.05) is 33.2 Å². The maximum absolute atomic E-state index is 15.2. The number of amides is 1. The molecule has 2 atom stereocenters. The molecule has 30 heavy (non-hydrogen) atoms. The molecule has 1 aliphatic carbocycles. The molecule has 2 aliphatic heterocycles. The lowest BCUT2D eigenvalue weighted by Gasteiger charge is -2.38. The molecule has 2 fully saturated rings. The Morgan fingerprint density at radius 1 is 1.27 bits per heavy atom. The summed E-state index contributed by atoms with van der Waals surface area (Å²) in [7, 11) is 1.78. The van der Waals surface area contributed by atoms with Crippen LogP contribution in [0, 0.1) is 17.6 Å². The molecule has 1 amide bonds. The van der Waals surface area contributed by atoms with Gasteiger partial charge in [0.25, 0.3) is 0 Å². The van der Waals surface area contributed by atoms with Crippen LogP contribution in [0.3, 0.4) is 0 Å². The van der Waals surface area contributed by atoms with Crippen LogP contribution in [0.1, 0.15) is 42.8 Å². The van der Waals surface area contributed by atoms with Crippen molar-refractivity contribution in [1.29, 1.82) is 0 Å². The number of halogens is 2. The lowest BCUT2D eigenvalue weighted by Crippen LogP contribution is -2.47. The first-order valence-corrected chi connectivity index (χ1v) is 10.6. The van der Waals surface area contributed by atoms with E-state index in [-0.39, 0.29) is 40.5 Å². The summed E-state index contributed by atoms with van der Waals surface area (Å²) in [5.74, 6) is -0.0527. The third-order valence-electron chi connectivity index (χ3n) is 7.02. The Morgan fingerprint density at radius 2 is 1.97 bits per heavy atom. The highest BCUT2D eigenvalue weighted by Gasteiger charge is 2.43. The van der Waals surface area contributed by atoms with E-state index in [1.165, 1.54) is 0 Å². The second kappa shape index (κ2) is 7.16. The van der Waals surface area contributed by atoms with E-state index in [2.05, 4.69) is 25.5 Å². The molecule has 3 aliphatic rings. The van der Waals surface area contributed by atoms with Gasteiger partial charge >= 0.3 is 6.09 Å². The van der Waals surface area contributed by atoms with E-state index in [0.29, 0.717) is 36.3 Å². The summed E-state index contributed by atoms with van der Waals surface area (Å²) in [5.41, 5.74) is 0.845. The number of piperidine rings is 1. The van der Waals surface area contributed by atoms with Crippen molar-refractivity contribution in [2.24, 2.45) is 5.92 Å². The summed E-state index contributed by atoms with van der Waals surface area (Å²) in [6.45, 7) is 4.88. The smallest absolute Gasteiger partial charge is 0.407 e. The minimum Gasteiger partial charge on any atom is -0.441 e. The molecular formula is C21H27F2N5O2. The number of likely N-dealkylation sites (tertiary alicyclic amines) is 1. The largest absolute Gasteiger partial charge is 0.441 e. The van der Waals surface area contributed by atoms with Gasteiger partial charge in [-0.15, -0.1) is 0 Å². The first-order chi connectivity index (χ1) is 14.4. The molecule has 5 rings (SSSR count). The van der Waals surface area contributed by atoms with Crippen molar-refractivity contribution >= 4 is 17.1 Å². The normalized spacial score (nSPS) is 22.5. The number of ether oxygens (including phenoxy) is 1. The zero-order valence-electron chi connectivity index (χ0n) is 17.3. The van der Waals surface area contributed by atoms with Gasteiger partial charge in [-0.3, -0.25) is 0 Å². The Hall–Kier alpha value is -2.26. The Labute approximate surface area is 173 Å². The number of alkyl carbamates (subject to hydrolysis) is 1. The molecule has 162 valence electrons. The van der Waals surface area contributed by atoms with Crippen molar-refractivity contribution < 1.29 is 18.3 Å². The van der Waals surface area contributed by atoms with Crippen molar-refractivity contribution in [1.82, 2.24) is 25.5 Å². The average Bonchev–Trinajstić information content (AvgIpc) is 3.45. The molecule has 7 nitrogen and oxygen atoms in total. The van der Waals surface area contributed by atoms with E-state index < -0.39 is 5.82 Å². The molecule has 1 aromatic carbocycles. The number of carbonyl (C=O) groups is 1. The minimum absolute atomic E-state index is 0.0967. The van der Waals surface area contributed by atoms with Crippen LogP contribution >= 0.6 is 0 Å². The predicted molar refractivity (Wildman–Crippen MR) is 107 cm³/mol. The second-order valence-electron chi connectivity index (χ2n) is 8.94. The van der Waals surface area contributed by atoms with Gasteiger partial charge in [0.2, 0.25) is 0 Å². The summed E-state index contributed by atoms with van der Waals surface area (Å²) in [6, 6.07) is -0.115. The average molecular weight is 419 g/mol. The van der Waals surface area contributed by atoms with Gasteiger partial charge in [0.1, 0.15) is 22.5 Å². The molecular weight excluding hydrogens is 392 g/mol. The fourth-order valence-corrected chi connectivity index (χ4v) is 5.10. The number of fused-ring (bicyclic) bond motifs is 2. The van der Waals surface area contributed by atoms with Gasteiger partial charge < -0.3 is 25.3 Å². The molecule has 1 unspecified atom stereocenters. The topological polar surface area (TPSA) is 82.3 Å². The molecule has 1 aromatic heterocycles. The van der Waals surface area contributed by atoms with E-state index in [4.69, 9.17) is 4.74 Å². The fraction of sp³-hybridized carbons (Fsp3) is 0.619. The van der Waals surface area contributed by atoms with Crippen LogP contribution < -0.4 is 10.6 Å². The first-order valence-electron chi connectivity index (χ1n) is 10.6. The number of aromatic nitrogens is 2. The van der Waals surface area contributed by atoms with E-state index in [9.17, 15) is 4.79 Å². The molecule has 2 aromatic rings. The highest BCUT2D eigenvalue weighted by molar-refractivity contribution is 5.79. The Kier molecular flexibility index (Phi) is 4.70. The summed E-state index contributed by atoms with van der Waals surface area (Å²) in [4.78, 5) is 21.0. The van der Waals surface area contributed by atoms with Gasteiger partial charge in [0, 0.05) is 32.5 Å². The summed E-state index contributed by atoms with van der Waals surface area (Å²) < 4.78 is 35.8. The van der Waals surface area contributed by atoms with E-state index >= 15 is 8.78 Å². The molecule has 0 bridgehead atoms. The minimum atomic E-state index is -0.392. The van der Waals surface area contributed by atoms with Crippen LogP contribution in [0.15, 0.2) is 0 Å². The maximum Gasteiger partial charge on any atom is 0.407 e. The number of carbonyl (C=O) groups excluding carboxylic acids is 1. The van der Waals surface area contributed by atoms with Crippen LogP contribution in [0.25, 0.3) is 11.0 Å². The number of rotatable bonds is 4. The number of aromatic amines is 1. The maximum atomic E-state index is 15.2. The summed E-state index contributed by atoms with van der Waals surface area (Å²) in [6.07, 6.45) is 2.29. The molecule has 1 spiro atoms. The van der Waals surface area contributed by atoms with Gasteiger partial charge in [-0.2, -0.15) is 0 Å². The van der Waals surface area contributed by atoms with Crippen LogP contribution in [-0.2, 0) is 17.6 Å². The zero-order chi connectivity index (χ0) is 21.0. The van der Waals surface area contributed by atoms with Crippen molar-refractivity contribution in [3.05, 3.63) is 28.6 Å². The number of H-pyrrole nitrogens is 1. The standard InChI is InChI=1S/C21H27F2N5O2/c1-11(24-2)19-26-17-15(22)13-7-12(8-14(13)16(23)18(17)27-19)9-28-5-3-21(4-6-28)10-25-20(29)30-21/h11-12,24H,3-10H2,1-2H3,(H,25,29)(H,26,27)/t11-/m1/s1. The number of benzene rings is 1. The predicted octanol–water partition coefficient (Wildman–Crippen LogP) is 2.41. The SMILES string of the molecule is CN[C@H](C)c1nc2c(F)c3c(c(F)c2[nH]1)CC(CN1CCC2(CC1)CNC(=O)O2)C3. The molecule has 3 N–H and O–H groups in total. The quantitative estimate of drug-likeness (QED) is 0.709. The number of imidazole rings is 1. The molecule has 9 heteroatoms. The van der Waals surface area contributed by atoms with Crippen LogP contribution in [0.2, 0.25) is 0 Å². The Balaban J connectivity index is 1.30. The number of hydrogen-bond acceptors (Lipinski definition) is 5. The zero-order valence-corrected chi connectivity index (χ0v) is 17.3. The van der Waals surface area contributed by atoms with E-state index in [1.807, 2.05) is 6.92 Å². The van der Waals surface area contributed by atoms with Gasteiger partial charge in [0.05, 0.1) is 12.6 Å². The lowest BCUT2D eigenvalue weighted by molar-refractivity contribution is -0.00216. The van der Waals surface area contributed by atoms with Crippen molar-refractivity contribution in [2.45, 2.75) is 44.2 Å². The molecule has 0 saturated carbocycles. The number of nitrogens with zero attached hydrogens (tertiary/aromatic N) is 2. The lowest BCUT2D eigenvalue weighted by atomic mass is 9.91. The number of hydrogen-bond donors (Lipinski definition) is 3. The van der Waals surface area contributed by atoms with Gasteiger partial charge in [-0.25, -0.2) is 18.6 Å². The highest BCUT2D eigenvalue weighted by Crippen LogP contribution is 2.37. The second-order valence-corrected chi connectivity index (χ2v) is 8.94.